The van der Waals surface area contributed by atoms with Crippen molar-refractivity contribution in [3.63, 3.8) is 0 Å². The van der Waals surface area contributed by atoms with E-state index in [1.54, 1.807) is 0 Å². The van der Waals surface area contributed by atoms with Crippen molar-refractivity contribution in [2.24, 2.45) is 0 Å². The van der Waals surface area contributed by atoms with Crippen molar-refractivity contribution >= 4 is 11.8 Å². The minimum absolute atomic E-state index is 0.168. The van der Waals surface area contributed by atoms with Gasteiger partial charge in [0.2, 0.25) is 5.70 Å². The minimum Gasteiger partial charge on any atom is -0.497 e. The molecule has 90 valence electrons. The molecule has 0 aliphatic heterocycles. The van der Waals surface area contributed by atoms with Crippen LogP contribution in [0.15, 0.2) is 23.9 Å². The molecule has 7 heteroatoms. The zero-order chi connectivity index (χ0) is 13.0. The Morgan fingerprint density at radius 1 is 1.35 bits per heavy atom. The summed E-state index contributed by atoms with van der Waals surface area (Å²) >= 11 is 0. The third kappa shape index (κ3) is 3.00. The first-order chi connectivity index (χ1) is 7.95. The predicted molar refractivity (Wildman–Crippen MR) is 60.3 cm³/mol. The van der Waals surface area contributed by atoms with E-state index in [0.717, 1.165) is 6.08 Å². The zero-order valence-corrected chi connectivity index (χ0v) is 9.25. The van der Waals surface area contributed by atoms with Gasteiger partial charge in [0.25, 0.3) is 5.69 Å². The lowest BCUT2D eigenvalue weighted by atomic mass is 10.1. The number of hydrogen-bond acceptors (Lipinski definition) is 5. The minimum atomic E-state index is -0.610. The molecule has 0 N–H and O–H groups in total. The van der Waals surface area contributed by atoms with Crippen molar-refractivity contribution in [1.82, 2.24) is 0 Å². The summed E-state index contributed by atoms with van der Waals surface area (Å²) in [7, 11) is 1.39. The summed E-state index contributed by atoms with van der Waals surface area (Å²) in [6, 6.07) is 4.13. The largest absolute Gasteiger partial charge is 0.497 e. The lowest BCUT2D eigenvalue weighted by Crippen LogP contribution is -1.96. The average Bonchev–Trinajstić information content (AvgIpc) is 2.29. The van der Waals surface area contributed by atoms with Crippen molar-refractivity contribution in [3.05, 3.63) is 49.7 Å². The Hall–Kier alpha value is -2.44. The molecule has 0 atom stereocenters. The van der Waals surface area contributed by atoms with Gasteiger partial charge >= 0.3 is 0 Å². The Balaban J connectivity index is 3.29. The summed E-state index contributed by atoms with van der Waals surface area (Å²) in [5.41, 5.74) is -0.228. The molecule has 0 radical (unpaired) electrons. The number of hydrogen-bond donors (Lipinski definition) is 0. The number of nitro benzene ring substituents is 1. The third-order valence-corrected chi connectivity index (χ3v) is 2.09. The van der Waals surface area contributed by atoms with Crippen molar-refractivity contribution in [3.8, 4) is 5.75 Å². The number of ether oxygens (including phenoxy) is 1. The van der Waals surface area contributed by atoms with E-state index in [4.69, 9.17) is 4.74 Å². The maximum absolute atomic E-state index is 10.8. The Morgan fingerprint density at radius 3 is 2.47 bits per heavy atom. The summed E-state index contributed by atoms with van der Waals surface area (Å²) in [4.78, 5) is 20.0. The second kappa shape index (κ2) is 5.06. The van der Waals surface area contributed by atoms with Gasteiger partial charge in [-0.3, -0.25) is 20.2 Å². The summed E-state index contributed by atoms with van der Waals surface area (Å²) in [6.07, 6.45) is 1.15. The second-order valence-electron chi connectivity index (χ2n) is 3.22. The van der Waals surface area contributed by atoms with Crippen molar-refractivity contribution in [2.75, 3.05) is 7.11 Å². The van der Waals surface area contributed by atoms with Gasteiger partial charge in [-0.15, -0.1) is 0 Å². The molecular formula is C10H10N2O5. The van der Waals surface area contributed by atoms with Gasteiger partial charge in [0.05, 0.1) is 28.6 Å². The zero-order valence-electron chi connectivity index (χ0n) is 9.25. The van der Waals surface area contributed by atoms with E-state index in [1.165, 1.54) is 32.2 Å². The van der Waals surface area contributed by atoms with Gasteiger partial charge in [0.15, 0.2) is 0 Å². The summed E-state index contributed by atoms with van der Waals surface area (Å²) in [6.45, 7) is 1.27. The molecule has 0 unspecified atom stereocenters. The molecule has 0 fully saturated rings. The standard InChI is InChI=1S/C10H10N2O5/c1-7(11(13)14)5-8-3-4-9(17-2)6-10(8)12(15)16/h3-6H,1-2H3. The first-order valence-corrected chi connectivity index (χ1v) is 4.61. The molecule has 1 aromatic carbocycles. The van der Waals surface area contributed by atoms with E-state index in [2.05, 4.69) is 0 Å². The van der Waals surface area contributed by atoms with Crippen LogP contribution in [0.3, 0.4) is 0 Å². The lowest BCUT2D eigenvalue weighted by Gasteiger charge is -2.01. The van der Waals surface area contributed by atoms with Gasteiger partial charge < -0.3 is 4.74 Å². The summed E-state index contributed by atoms with van der Waals surface area (Å²) in [5, 5.41) is 21.2. The highest BCUT2D eigenvalue weighted by Gasteiger charge is 2.15. The first-order valence-electron chi connectivity index (χ1n) is 4.61. The van der Waals surface area contributed by atoms with Crippen molar-refractivity contribution in [1.29, 1.82) is 0 Å². The molecule has 0 spiro atoms. The average molecular weight is 238 g/mol. The van der Waals surface area contributed by atoms with Crippen LogP contribution < -0.4 is 4.74 Å². The van der Waals surface area contributed by atoms with E-state index >= 15 is 0 Å². The van der Waals surface area contributed by atoms with Gasteiger partial charge in [-0.25, -0.2) is 0 Å². The van der Waals surface area contributed by atoms with Crippen LogP contribution in [0.2, 0.25) is 0 Å². The number of rotatable bonds is 4. The Kier molecular flexibility index (Phi) is 3.76. The number of benzene rings is 1. The van der Waals surface area contributed by atoms with Crippen molar-refractivity contribution in [2.45, 2.75) is 6.92 Å². The molecule has 0 aliphatic carbocycles. The topological polar surface area (TPSA) is 95.5 Å². The molecule has 1 aromatic rings. The first kappa shape index (κ1) is 12.6. The predicted octanol–water partition coefficient (Wildman–Crippen LogP) is 2.24. The van der Waals surface area contributed by atoms with Gasteiger partial charge in [0, 0.05) is 13.0 Å². The second-order valence-corrected chi connectivity index (χ2v) is 3.22. The highest BCUT2D eigenvalue weighted by Crippen LogP contribution is 2.26. The summed E-state index contributed by atoms with van der Waals surface area (Å²) in [5.74, 6) is 0.326. The number of methoxy groups -OCH3 is 1. The van der Waals surface area contributed by atoms with Crippen LogP contribution in [-0.2, 0) is 0 Å². The monoisotopic (exact) mass is 238 g/mol. The number of nitrogens with zero attached hydrogens (tertiary/aromatic N) is 2. The molecule has 17 heavy (non-hydrogen) atoms. The van der Waals surface area contributed by atoms with E-state index < -0.39 is 9.85 Å². The fourth-order valence-corrected chi connectivity index (χ4v) is 1.21. The fraction of sp³-hybridized carbons (Fsp3) is 0.200. The van der Waals surface area contributed by atoms with Gasteiger partial charge in [-0.1, -0.05) is 0 Å². The Labute approximate surface area is 96.6 Å². The smallest absolute Gasteiger partial charge is 0.280 e. The van der Waals surface area contributed by atoms with Crippen LogP contribution in [0, 0.1) is 20.2 Å². The van der Waals surface area contributed by atoms with Crippen LogP contribution in [0.25, 0.3) is 6.08 Å². The Morgan fingerprint density at radius 2 is 2.00 bits per heavy atom. The molecule has 0 heterocycles. The van der Waals surface area contributed by atoms with Crippen LogP contribution in [0.1, 0.15) is 12.5 Å². The molecule has 0 saturated heterocycles. The quantitative estimate of drug-likeness (QED) is 0.592. The van der Waals surface area contributed by atoms with Crippen molar-refractivity contribution < 1.29 is 14.6 Å². The van der Waals surface area contributed by atoms with Crippen LogP contribution in [-0.4, -0.2) is 17.0 Å². The maximum atomic E-state index is 10.8. The fourth-order valence-electron chi connectivity index (χ4n) is 1.21. The maximum Gasteiger partial charge on any atom is 0.280 e. The SMILES string of the molecule is COc1ccc(C=C(C)[N+](=O)[O-])c([N+](=O)[O-])c1. The van der Waals surface area contributed by atoms with E-state index in [0.29, 0.717) is 5.75 Å². The third-order valence-electron chi connectivity index (χ3n) is 2.09. The Bertz CT molecular complexity index is 495. The molecular weight excluding hydrogens is 228 g/mol. The highest BCUT2D eigenvalue weighted by molar-refractivity contribution is 5.63. The van der Waals surface area contributed by atoms with Crippen LogP contribution in [0.5, 0.6) is 5.75 Å². The molecule has 1 rings (SSSR count). The molecule has 0 bridgehead atoms. The summed E-state index contributed by atoms with van der Waals surface area (Å²) < 4.78 is 4.85. The normalized spacial score (nSPS) is 11.1. The van der Waals surface area contributed by atoms with Gasteiger partial charge in [-0.2, -0.15) is 0 Å². The molecule has 7 nitrogen and oxygen atoms in total. The number of nitro groups is 2. The number of allylic oxidation sites excluding steroid dienone is 1. The molecule has 0 saturated carbocycles. The van der Waals surface area contributed by atoms with Gasteiger partial charge in [-0.05, 0) is 12.1 Å². The molecule has 0 aliphatic rings. The van der Waals surface area contributed by atoms with E-state index in [-0.39, 0.29) is 16.9 Å². The van der Waals surface area contributed by atoms with Crippen LogP contribution >= 0.6 is 0 Å². The van der Waals surface area contributed by atoms with E-state index in [9.17, 15) is 20.2 Å². The molecule has 0 amide bonds. The van der Waals surface area contributed by atoms with E-state index in [1.807, 2.05) is 0 Å². The highest BCUT2D eigenvalue weighted by atomic mass is 16.6. The lowest BCUT2D eigenvalue weighted by molar-refractivity contribution is -0.422. The molecule has 0 aromatic heterocycles. The van der Waals surface area contributed by atoms with Gasteiger partial charge in [0.1, 0.15) is 5.75 Å². The van der Waals surface area contributed by atoms with Crippen LogP contribution in [0.4, 0.5) is 5.69 Å².